The number of halogens is 1. The summed E-state index contributed by atoms with van der Waals surface area (Å²) in [5.74, 6) is 0.745. The number of pyridine rings is 1. The van der Waals surface area contributed by atoms with E-state index in [1.165, 1.54) is 0 Å². The average Bonchev–Trinajstić information content (AvgIpc) is 2.74. The summed E-state index contributed by atoms with van der Waals surface area (Å²) in [4.78, 5) is 4.62. The van der Waals surface area contributed by atoms with Crippen LogP contribution in [0.15, 0.2) is 24.5 Å². The predicted molar refractivity (Wildman–Crippen MR) is 78.7 cm³/mol. The maximum absolute atomic E-state index is 9.35. The Kier molecular flexibility index (Phi) is 3.72. The lowest BCUT2D eigenvalue weighted by Gasteiger charge is -2.19. The van der Waals surface area contributed by atoms with Crippen LogP contribution >= 0.6 is 22.6 Å². The van der Waals surface area contributed by atoms with Gasteiger partial charge in [0, 0.05) is 17.3 Å². The van der Waals surface area contributed by atoms with Crippen molar-refractivity contribution in [2.45, 2.75) is 32.8 Å². The Morgan fingerprint density at radius 3 is 2.56 bits per heavy atom. The summed E-state index contributed by atoms with van der Waals surface area (Å²) in [6.45, 7) is 6.32. The van der Waals surface area contributed by atoms with Crippen LogP contribution in [-0.4, -0.2) is 19.9 Å². The van der Waals surface area contributed by atoms with E-state index in [0.717, 1.165) is 20.6 Å². The van der Waals surface area contributed by atoms with E-state index >= 15 is 0 Å². The summed E-state index contributed by atoms with van der Waals surface area (Å²) < 4.78 is 2.79. The van der Waals surface area contributed by atoms with E-state index in [9.17, 15) is 5.11 Å². The minimum Gasteiger partial charge on any atom is -0.392 e. The summed E-state index contributed by atoms with van der Waals surface area (Å²) in [6, 6.07) is 3.80. The van der Waals surface area contributed by atoms with Crippen molar-refractivity contribution in [2.24, 2.45) is 0 Å². The van der Waals surface area contributed by atoms with Crippen molar-refractivity contribution in [2.75, 3.05) is 0 Å². The van der Waals surface area contributed by atoms with Crippen LogP contribution in [0.25, 0.3) is 5.82 Å². The Balaban J connectivity index is 2.54. The number of nitrogens with zero attached hydrogens (tertiary/aromatic N) is 3. The Morgan fingerprint density at radius 2 is 2.06 bits per heavy atom. The molecule has 0 aliphatic rings. The average molecular weight is 357 g/mol. The molecule has 0 aliphatic carbocycles. The highest BCUT2D eigenvalue weighted by Gasteiger charge is 2.17. The molecular weight excluding hydrogens is 341 g/mol. The first-order chi connectivity index (χ1) is 8.40. The van der Waals surface area contributed by atoms with Crippen LogP contribution in [0.3, 0.4) is 0 Å². The second-order valence-electron chi connectivity index (χ2n) is 5.23. The molecule has 2 rings (SSSR count). The number of aliphatic hydroxyl groups excluding tert-OH is 1. The van der Waals surface area contributed by atoms with E-state index in [-0.39, 0.29) is 12.0 Å². The highest BCUT2D eigenvalue weighted by atomic mass is 127. The Bertz CT molecular complexity index is 558. The highest BCUT2D eigenvalue weighted by molar-refractivity contribution is 14.1. The fourth-order valence-electron chi connectivity index (χ4n) is 1.59. The molecule has 1 N–H and O–H groups in total. The molecule has 0 bridgehead atoms. The molecule has 0 unspecified atom stereocenters. The zero-order valence-electron chi connectivity index (χ0n) is 10.7. The lowest BCUT2D eigenvalue weighted by molar-refractivity contribution is 0.281. The molecule has 0 saturated heterocycles. The molecule has 4 nitrogen and oxygen atoms in total. The Labute approximate surface area is 120 Å². The van der Waals surface area contributed by atoms with Gasteiger partial charge >= 0.3 is 0 Å². The molecule has 2 aromatic rings. The molecule has 0 fully saturated rings. The van der Waals surface area contributed by atoms with Gasteiger partial charge in [-0.2, -0.15) is 5.10 Å². The van der Waals surface area contributed by atoms with E-state index in [1.54, 1.807) is 10.9 Å². The fraction of sp³-hybridized carbons (Fsp3) is 0.385. The van der Waals surface area contributed by atoms with Crippen LogP contribution in [0.4, 0.5) is 0 Å². The summed E-state index contributed by atoms with van der Waals surface area (Å²) in [5, 5.41) is 13.6. The molecule has 0 spiro atoms. The van der Waals surface area contributed by atoms with Gasteiger partial charge < -0.3 is 5.11 Å². The van der Waals surface area contributed by atoms with Crippen LogP contribution in [0.2, 0.25) is 0 Å². The van der Waals surface area contributed by atoms with Crippen LogP contribution < -0.4 is 0 Å². The third kappa shape index (κ3) is 2.89. The van der Waals surface area contributed by atoms with E-state index in [4.69, 9.17) is 0 Å². The third-order valence-electron chi connectivity index (χ3n) is 2.61. The van der Waals surface area contributed by atoms with Gasteiger partial charge in [-0.1, -0.05) is 20.8 Å². The number of hydrogen-bond acceptors (Lipinski definition) is 3. The molecule has 0 atom stereocenters. The molecule has 0 radical (unpaired) electrons. The molecule has 2 heterocycles. The van der Waals surface area contributed by atoms with E-state index < -0.39 is 0 Å². The van der Waals surface area contributed by atoms with Crippen molar-refractivity contribution >= 4 is 22.6 Å². The van der Waals surface area contributed by atoms with Gasteiger partial charge in [-0.3, -0.25) is 0 Å². The number of rotatable bonds is 2. The summed E-state index contributed by atoms with van der Waals surface area (Å²) >= 11 is 2.21. The van der Waals surface area contributed by atoms with Gasteiger partial charge in [0.25, 0.3) is 0 Å². The smallest absolute Gasteiger partial charge is 0.153 e. The van der Waals surface area contributed by atoms with Crippen molar-refractivity contribution in [1.82, 2.24) is 14.8 Å². The summed E-state index contributed by atoms with van der Waals surface area (Å²) in [5.41, 5.74) is 1.75. The van der Waals surface area contributed by atoms with Crippen LogP contribution in [0, 0.1) is 3.57 Å². The normalized spacial score (nSPS) is 11.8. The van der Waals surface area contributed by atoms with Crippen LogP contribution in [0.1, 0.15) is 32.0 Å². The van der Waals surface area contributed by atoms with Gasteiger partial charge in [0.15, 0.2) is 5.82 Å². The quantitative estimate of drug-likeness (QED) is 0.841. The van der Waals surface area contributed by atoms with Gasteiger partial charge in [0.1, 0.15) is 0 Å². The van der Waals surface area contributed by atoms with E-state index in [2.05, 4.69) is 53.4 Å². The monoisotopic (exact) mass is 357 g/mol. The van der Waals surface area contributed by atoms with Crippen molar-refractivity contribution in [3.8, 4) is 5.82 Å². The van der Waals surface area contributed by atoms with Gasteiger partial charge in [-0.15, -0.1) is 0 Å². The molecule has 0 aromatic carbocycles. The van der Waals surface area contributed by atoms with Gasteiger partial charge in [-0.05, 0) is 40.3 Å². The van der Waals surface area contributed by atoms with Crippen LogP contribution in [-0.2, 0) is 12.0 Å². The second kappa shape index (κ2) is 4.97. The van der Waals surface area contributed by atoms with E-state index in [1.807, 2.05) is 18.3 Å². The van der Waals surface area contributed by atoms with Crippen LogP contribution in [0.5, 0.6) is 0 Å². The summed E-state index contributed by atoms with van der Waals surface area (Å²) in [6.07, 6.45) is 3.70. The lowest BCUT2D eigenvalue weighted by atomic mass is 9.91. The Morgan fingerprint density at radius 1 is 1.33 bits per heavy atom. The minimum atomic E-state index is -0.0553. The molecule has 2 aromatic heterocycles. The minimum absolute atomic E-state index is 0.0109. The molecule has 0 amide bonds. The molecular formula is C13H16IN3O. The Hall–Kier alpha value is -0.950. The molecule has 0 aliphatic heterocycles. The van der Waals surface area contributed by atoms with Gasteiger partial charge in [0.05, 0.1) is 16.4 Å². The lowest BCUT2D eigenvalue weighted by Crippen LogP contribution is -2.16. The number of hydrogen-bond donors (Lipinski definition) is 1. The van der Waals surface area contributed by atoms with Crippen molar-refractivity contribution < 1.29 is 5.11 Å². The first-order valence-corrected chi connectivity index (χ1v) is 6.81. The zero-order chi connectivity index (χ0) is 13.3. The largest absolute Gasteiger partial charge is 0.392 e. The topological polar surface area (TPSA) is 50.9 Å². The maximum atomic E-state index is 9.35. The zero-order valence-corrected chi connectivity index (χ0v) is 12.8. The molecule has 18 heavy (non-hydrogen) atoms. The number of aliphatic hydroxyl groups is 1. The summed E-state index contributed by atoms with van der Waals surface area (Å²) in [7, 11) is 0. The van der Waals surface area contributed by atoms with Gasteiger partial charge in [0.2, 0.25) is 0 Å². The van der Waals surface area contributed by atoms with E-state index in [0.29, 0.717) is 0 Å². The third-order valence-corrected chi connectivity index (χ3v) is 3.17. The van der Waals surface area contributed by atoms with Crippen molar-refractivity contribution in [1.29, 1.82) is 0 Å². The molecule has 0 saturated carbocycles. The van der Waals surface area contributed by atoms with Crippen molar-refractivity contribution in [3.05, 3.63) is 39.4 Å². The first-order valence-electron chi connectivity index (χ1n) is 5.73. The van der Waals surface area contributed by atoms with Gasteiger partial charge in [-0.25, -0.2) is 9.67 Å². The SMILES string of the molecule is CC(C)(C)c1cc(CO)cc(-n2cc(I)cn2)n1. The first kappa shape index (κ1) is 13.5. The van der Waals surface area contributed by atoms with Crippen molar-refractivity contribution in [3.63, 3.8) is 0 Å². The number of aromatic nitrogens is 3. The maximum Gasteiger partial charge on any atom is 0.153 e. The predicted octanol–water partition coefficient (Wildman–Crippen LogP) is 2.66. The standard InChI is InChI=1S/C13H16IN3O/c1-13(2,3)11-4-9(8-18)5-12(16-11)17-7-10(14)6-15-17/h4-7,18H,8H2,1-3H3. The second-order valence-corrected chi connectivity index (χ2v) is 6.48. The molecule has 96 valence electrons. The molecule has 5 heteroatoms. The fourth-order valence-corrected chi connectivity index (χ4v) is 1.98. The highest BCUT2D eigenvalue weighted by Crippen LogP contribution is 2.23.